The van der Waals surface area contributed by atoms with Crippen molar-refractivity contribution < 1.29 is 14.3 Å². The molecule has 0 spiro atoms. The molecule has 0 saturated carbocycles. The lowest BCUT2D eigenvalue weighted by Crippen LogP contribution is -2.20. The monoisotopic (exact) mass is 220 g/mol. The Morgan fingerprint density at radius 1 is 1.44 bits per heavy atom. The summed E-state index contributed by atoms with van der Waals surface area (Å²) in [5, 5.41) is 2.51. The fourth-order valence-corrected chi connectivity index (χ4v) is 1.75. The van der Waals surface area contributed by atoms with Crippen molar-refractivity contribution in [3.8, 4) is 5.75 Å². The van der Waals surface area contributed by atoms with Crippen LogP contribution in [0.25, 0.3) is 0 Å². The zero-order valence-electron chi connectivity index (χ0n) is 8.87. The summed E-state index contributed by atoms with van der Waals surface area (Å²) in [4.78, 5) is 22.7. The van der Waals surface area contributed by atoms with Crippen LogP contribution in [-0.4, -0.2) is 25.5 Å². The highest BCUT2D eigenvalue weighted by Gasteiger charge is 2.22. The third-order valence-electron chi connectivity index (χ3n) is 2.54. The number of rotatable bonds is 2. The highest BCUT2D eigenvalue weighted by atomic mass is 16.5. The first kappa shape index (κ1) is 10.5. The number of nitrogens with one attached hydrogen (secondary N) is 1. The van der Waals surface area contributed by atoms with Crippen molar-refractivity contribution in [1.29, 1.82) is 0 Å². The molecule has 0 saturated heterocycles. The SMILES string of the molecule is CNC(=O)c1cc(C(N)=O)cc2c1OCC2. The number of hydrogen-bond donors (Lipinski definition) is 2. The number of hydrogen-bond acceptors (Lipinski definition) is 3. The van der Waals surface area contributed by atoms with Crippen LogP contribution in [-0.2, 0) is 6.42 Å². The summed E-state index contributed by atoms with van der Waals surface area (Å²) in [7, 11) is 1.53. The minimum atomic E-state index is -0.542. The maximum atomic E-state index is 11.6. The summed E-state index contributed by atoms with van der Waals surface area (Å²) < 4.78 is 5.37. The van der Waals surface area contributed by atoms with Gasteiger partial charge >= 0.3 is 0 Å². The lowest BCUT2D eigenvalue weighted by atomic mass is 10.0. The Morgan fingerprint density at radius 2 is 2.19 bits per heavy atom. The van der Waals surface area contributed by atoms with Gasteiger partial charge in [0.1, 0.15) is 5.75 Å². The fourth-order valence-electron chi connectivity index (χ4n) is 1.75. The minimum Gasteiger partial charge on any atom is -0.492 e. The molecule has 0 bridgehead atoms. The number of carbonyl (C=O) groups is 2. The van der Waals surface area contributed by atoms with Crippen molar-refractivity contribution in [2.24, 2.45) is 5.73 Å². The third kappa shape index (κ3) is 1.60. The maximum Gasteiger partial charge on any atom is 0.254 e. The molecular formula is C11H12N2O3. The second-order valence-corrected chi connectivity index (χ2v) is 3.55. The van der Waals surface area contributed by atoms with Crippen LogP contribution in [0.1, 0.15) is 26.3 Å². The molecule has 0 radical (unpaired) electrons. The lowest BCUT2D eigenvalue weighted by molar-refractivity contribution is 0.0960. The van der Waals surface area contributed by atoms with Crippen LogP contribution in [0, 0.1) is 0 Å². The third-order valence-corrected chi connectivity index (χ3v) is 2.54. The van der Waals surface area contributed by atoms with Gasteiger partial charge in [-0.25, -0.2) is 0 Å². The van der Waals surface area contributed by atoms with Crippen molar-refractivity contribution in [2.75, 3.05) is 13.7 Å². The quantitative estimate of drug-likeness (QED) is 0.740. The van der Waals surface area contributed by atoms with E-state index in [1.165, 1.54) is 13.1 Å². The Hall–Kier alpha value is -2.04. The topological polar surface area (TPSA) is 81.4 Å². The van der Waals surface area contributed by atoms with Crippen molar-refractivity contribution >= 4 is 11.8 Å². The second kappa shape index (κ2) is 3.84. The van der Waals surface area contributed by atoms with Crippen molar-refractivity contribution in [2.45, 2.75) is 6.42 Å². The van der Waals surface area contributed by atoms with Gasteiger partial charge in [0, 0.05) is 19.0 Å². The molecule has 1 aliphatic rings. The molecule has 5 nitrogen and oxygen atoms in total. The molecule has 16 heavy (non-hydrogen) atoms. The Morgan fingerprint density at radius 3 is 2.81 bits per heavy atom. The summed E-state index contributed by atoms with van der Waals surface area (Å²) in [6.45, 7) is 0.529. The highest BCUT2D eigenvalue weighted by molar-refractivity contribution is 6.01. The Balaban J connectivity index is 2.58. The van der Waals surface area contributed by atoms with E-state index in [0.717, 1.165) is 5.56 Å². The molecule has 1 aromatic rings. The van der Waals surface area contributed by atoms with Gasteiger partial charge in [-0.1, -0.05) is 0 Å². The summed E-state index contributed by atoms with van der Waals surface area (Å²) in [6.07, 6.45) is 0.695. The van der Waals surface area contributed by atoms with Gasteiger partial charge in [0.2, 0.25) is 5.91 Å². The molecular weight excluding hydrogens is 208 g/mol. The molecule has 1 heterocycles. The fraction of sp³-hybridized carbons (Fsp3) is 0.273. The highest BCUT2D eigenvalue weighted by Crippen LogP contribution is 2.30. The Kier molecular flexibility index (Phi) is 2.52. The van der Waals surface area contributed by atoms with E-state index in [-0.39, 0.29) is 5.91 Å². The van der Waals surface area contributed by atoms with Crippen LogP contribution in [0.3, 0.4) is 0 Å². The van der Waals surface area contributed by atoms with E-state index in [0.29, 0.717) is 29.9 Å². The van der Waals surface area contributed by atoms with Gasteiger partial charge in [0.05, 0.1) is 12.2 Å². The van der Waals surface area contributed by atoms with Gasteiger partial charge in [0.25, 0.3) is 5.91 Å². The molecule has 5 heteroatoms. The van der Waals surface area contributed by atoms with E-state index in [1.807, 2.05) is 0 Å². The molecule has 2 rings (SSSR count). The maximum absolute atomic E-state index is 11.6. The van der Waals surface area contributed by atoms with Crippen LogP contribution in [0.4, 0.5) is 0 Å². The van der Waals surface area contributed by atoms with Gasteiger partial charge < -0.3 is 15.8 Å². The normalized spacial score (nSPS) is 12.8. The zero-order valence-corrected chi connectivity index (χ0v) is 8.87. The molecule has 0 aliphatic carbocycles. The molecule has 0 unspecified atom stereocenters. The van der Waals surface area contributed by atoms with Crippen LogP contribution >= 0.6 is 0 Å². The number of ether oxygens (including phenoxy) is 1. The van der Waals surface area contributed by atoms with Crippen LogP contribution in [0.5, 0.6) is 5.75 Å². The number of primary amides is 1. The average molecular weight is 220 g/mol. The van der Waals surface area contributed by atoms with Crippen molar-refractivity contribution in [3.63, 3.8) is 0 Å². The summed E-state index contributed by atoms with van der Waals surface area (Å²) in [6, 6.07) is 3.14. The average Bonchev–Trinajstić information content (AvgIpc) is 2.74. The number of fused-ring (bicyclic) bond motifs is 1. The minimum absolute atomic E-state index is 0.277. The molecule has 1 aromatic carbocycles. The molecule has 1 aliphatic heterocycles. The molecule has 0 atom stereocenters. The smallest absolute Gasteiger partial charge is 0.254 e. The zero-order chi connectivity index (χ0) is 11.7. The first-order chi connectivity index (χ1) is 7.63. The Bertz CT molecular complexity index is 469. The number of benzene rings is 1. The van der Waals surface area contributed by atoms with Gasteiger partial charge in [-0.3, -0.25) is 9.59 Å². The number of carbonyl (C=O) groups excluding carboxylic acids is 2. The van der Waals surface area contributed by atoms with Crippen LogP contribution in [0.15, 0.2) is 12.1 Å². The number of nitrogens with two attached hydrogens (primary N) is 1. The second-order valence-electron chi connectivity index (χ2n) is 3.55. The van der Waals surface area contributed by atoms with Crippen LogP contribution in [0.2, 0.25) is 0 Å². The summed E-state index contributed by atoms with van der Waals surface area (Å²) in [5.41, 5.74) is 6.77. The lowest BCUT2D eigenvalue weighted by Gasteiger charge is -2.08. The first-order valence-corrected chi connectivity index (χ1v) is 4.95. The predicted octanol–water partition coefficient (Wildman–Crippen LogP) is 0.0800. The van der Waals surface area contributed by atoms with Gasteiger partial charge in [-0.2, -0.15) is 0 Å². The van der Waals surface area contributed by atoms with Gasteiger partial charge in [-0.15, -0.1) is 0 Å². The molecule has 0 aromatic heterocycles. The van der Waals surface area contributed by atoms with E-state index in [4.69, 9.17) is 10.5 Å². The van der Waals surface area contributed by atoms with Gasteiger partial charge in [-0.05, 0) is 17.7 Å². The largest absolute Gasteiger partial charge is 0.492 e. The van der Waals surface area contributed by atoms with E-state index in [1.54, 1.807) is 6.07 Å². The van der Waals surface area contributed by atoms with E-state index in [2.05, 4.69) is 5.32 Å². The van der Waals surface area contributed by atoms with E-state index in [9.17, 15) is 9.59 Å². The Labute approximate surface area is 92.6 Å². The number of amides is 2. The molecule has 0 fully saturated rings. The van der Waals surface area contributed by atoms with Crippen LogP contribution < -0.4 is 15.8 Å². The summed E-state index contributed by atoms with van der Waals surface area (Å²) in [5.74, 6) is -0.259. The van der Waals surface area contributed by atoms with Gasteiger partial charge in [0.15, 0.2) is 0 Å². The molecule has 2 amide bonds. The van der Waals surface area contributed by atoms with Crippen molar-refractivity contribution in [1.82, 2.24) is 5.32 Å². The summed E-state index contributed by atoms with van der Waals surface area (Å²) >= 11 is 0. The molecule has 3 N–H and O–H groups in total. The van der Waals surface area contributed by atoms with E-state index < -0.39 is 5.91 Å². The van der Waals surface area contributed by atoms with Crippen molar-refractivity contribution in [3.05, 3.63) is 28.8 Å². The van der Waals surface area contributed by atoms with E-state index >= 15 is 0 Å². The first-order valence-electron chi connectivity index (χ1n) is 4.95. The standard InChI is InChI=1S/C11H12N2O3/c1-13-11(15)8-5-7(10(12)14)4-6-2-3-16-9(6)8/h4-5H,2-3H2,1H3,(H2,12,14)(H,13,15). The molecule has 84 valence electrons. The predicted molar refractivity (Wildman–Crippen MR) is 57.5 cm³/mol.